The molecule has 0 bridgehead atoms. The number of rotatable bonds is 4. The summed E-state index contributed by atoms with van der Waals surface area (Å²) in [5, 5.41) is 0. The molecule has 3 aliphatic rings. The number of amides is 3. The molecular formula is C18H28N2O4. The summed E-state index contributed by atoms with van der Waals surface area (Å²) in [4.78, 5) is 41.0. The molecule has 0 radical (unpaired) electrons. The van der Waals surface area contributed by atoms with Crippen molar-refractivity contribution in [1.29, 1.82) is 0 Å². The van der Waals surface area contributed by atoms with Crippen LogP contribution in [-0.4, -0.2) is 52.9 Å². The maximum atomic E-state index is 13.1. The molecule has 1 atom stereocenters. The Morgan fingerprint density at radius 2 is 1.50 bits per heavy atom. The highest BCUT2D eigenvalue weighted by molar-refractivity contribution is 6.06. The van der Waals surface area contributed by atoms with Gasteiger partial charge in [0, 0.05) is 12.1 Å². The van der Waals surface area contributed by atoms with Crippen LogP contribution in [0.4, 0.5) is 4.79 Å². The van der Waals surface area contributed by atoms with E-state index in [4.69, 9.17) is 4.74 Å². The van der Waals surface area contributed by atoms with Crippen LogP contribution in [0.5, 0.6) is 0 Å². The average Bonchev–Trinajstić information content (AvgIpc) is 2.86. The van der Waals surface area contributed by atoms with Crippen LogP contribution in [-0.2, 0) is 14.3 Å². The van der Waals surface area contributed by atoms with Crippen molar-refractivity contribution in [2.45, 2.75) is 88.8 Å². The number of imide groups is 1. The van der Waals surface area contributed by atoms with Crippen LogP contribution in [0.15, 0.2) is 0 Å². The normalized spacial score (nSPS) is 27.0. The van der Waals surface area contributed by atoms with Gasteiger partial charge in [0.25, 0.3) is 5.91 Å². The highest BCUT2D eigenvalue weighted by Crippen LogP contribution is 2.34. The Bertz CT molecular complexity index is 495. The molecule has 3 rings (SSSR count). The van der Waals surface area contributed by atoms with Crippen LogP contribution in [0.2, 0.25) is 0 Å². The number of carbonyl (C=O) groups is 3. The lowest BCUT2D eigenvalue weighted by Crippen LogP contribution is -2.46. The Labute approximate surface area is 143 Å². The summed E-state index contributed by atoms with van der Waals surface area (Å²) in [6.07, 6.45) is 10.2. The van der Waals surface area contributed by atoms with E-state index >= 15 is 0 Å². The van der Waals surface area contributed by atoms with Gasteiger partial charge >= 0.3 is 12.0 Å². The molecule has 3 amide bonds. The van der Waals surface area contributed by atoms with E-state index in [1.54, 1.807) is 4.90 Å². The zero-order valence-electron chi connectivity index (χ0n) is 14.5. The number of urea groups is 1. The number of carbonyl (C=O) groups excluding carboxylic acids is 3. The zero-order valence-corrected chi connectivity index (χ0v) is 14.5. The molecule has 0 spiro atoms. The van der Waals surface area contributed by atoms with Gasteiger partial charge in [-0.15, -0.1) is 0 Å². The highest BCUT2D eigenvalue weighted by Gasteiger charge is 2.51. The predicted octanol–water partition coefficient (Wildman–Crippen LogP) is 2.85. The van der Waals surface area contributed by atoms with Gasteiger partial charge in [-0.05, 0) is 25.7 Å². The van der Waals surface area contributed by atoms with Crippen LogP contribution in [0.1, 0.15) is 70.6 Å². The van der Waals surface area contributed by atoms with E-state index in [0.717, 1.165) is 51.4 Å². The molecular weight excluding hydrogens is 308 g/mol. The lowest BCUT2D eigenvalue weighted by molar-refractivity contribution is -0.144. The second kappa shape index (κ2) is 7.53. The third kappa shape index (κ3) is 3.28. The molecule has 0 N–H and O–H groups in total. The SMILES string of the molecule is COC(=O)CC1C(=O)N(C2CCCCC2)C(=O)N1C1CCCCC1. The summed E-state index contributed by atoms with van der Waals surface area (Å²) < 4.78 is 4.76. The standard InChI is InChI=1S/C18H28N2O4/c1-24-16(21)12-15-17(22)20(14-10-6-3-7-11-14)18(23)19(15)13-8-4-2-5-9-13/h13-15H,2-12H2,1H3. The molecule has 24 heavy (non-hydrogen) atoms. The fraction of sp³-hybridized carbons (Fsp3) is 0.833. The average molecular weight is 336 g/mol. The predicted molar refractivity (Wildman–Crippen MR) is 88.2 cm³/mol. The fourth-order valence-corrected chi connectivity index (χ4v) is 4.50. The van der Waals surface area contributed by atoms with Gasteiger partial charge in [0.2, 0.25) is 0 Å². The Kier molecular flexibility index (Phi) is 5.41. The first-order valence-electron chi connectivity index (χ1n) is 9.35. The van der Waals surface area contributed by atoms with Crippen molar-refractivity contribution >= 4 is 17.9 Å². The van der Waals surface area contributed by atoms with E-state index in [0.29, 0.717) is 0 Å². The zero-order chi connectivity index (χ0) is 17.1. The van der Waals surface area contributed by atoms with E-state index in [-0.39, 0.29) is 30.4 Å². The van der Waals surface area contributed by atoms with E-state index in [1.807, 2.05) is 0 Å². The molecule has 1 unspecified atom stereocenters. The number of nitrogens with zero attached hydrogens (tertiary/aromatic N) is 2. The third-order valence-electron chi connectivity index (χ3n) is 5.78. The summed E-state index contributed by atoms with van der Waals surface area (Å²) >= 11 is 0. The van der Waals surface area contributed by atoms with E-state index in [1.165, 1.54) is 24.9 Å². The van der Waals surface area contributed by atoms with E-state index in [9.17, 15) is 14.4 Å². The summed E-state index contributed by atoms with van der Waals surface area (Å²) in [5.74, 6) is -0.615. The molecule has 6 heteroatoms. The van der Waals surface area contributed by atoms with E-state index in [2.05, 4.69) is 0 Å². The number of methoxy groups -OCH3 is 1. The summed E-state index contributed by atoms with van der Waals surface area (Å²) in [5.41, 5.74) is 0. The number of hydrogen-bond acceptors (Lipinski definition) is 4. The van der Waals surface area contributed by atoms with Gasteiger partial charge in [-0.3, -0.25) is 14.5 Å². The van der Waals surface area contributed by atoms with Crippen molar-refractivity contribution in [3.63, 3.8) is 0 Å². The second-order valence-electron chi connectivity index (χ2n) is 7.28. The minimum atomic E-state index is -0.671. The molecule has 6 nitrogen and oxygen atoms in total. The second-order valence-corrected chi connectivity index (χ2v) is 7.28. The van der Waals surface area contributed by atoms with Gasteiger partial charge in [0.05, 0.1) is 13.5 Å². The quantitative estimate of drug-likeness (QED) is 0.585. The summed E-state index contributed by atoms with van der Waals surface area (Å²) in [6.45, 7) is 0. The minimum absolute atomic E-state index is 0.00693. The maximum absolute atomic E-state index is 13.1. The van der Waals surface area contributed by atoms with Crippen molar-refractivity contribution in [2.75, 3.05) is 7.11 Å². The van der Waals surface area contributed by atoms with Crippen LogP contribution < -0.4 is 0 Å². The number of hydrogen-bond donors (Lipinski definition) is 0. The van der Waals surface area contributed by atoms with Crippen molar-refractivity contribution in [2.24, 2.45) is 0 Å². The smallest absolute Gasteiger partial charge is 0.327 e. The van der Waals surface area contributed by atoms with Gasteiger partial charge in [-0.25, -0.2) is 4.79 Å². The van der Waals surface area contributed by atoms with Crippen LogP contribution in [0, 0.1) is 0 Å². The van der Waals surface area contributed by atoms with Crippen molar-refractivity contribution in [3.05, 3.63) is 0 Å². The Balaban J connectivity index is 1.83. The molecule has 2 aliphatic carbocycles. The largest absolute Gasteiger partial charge is 0.469 e. The first-order chi connectivity index (χ1) is 11.6. The lowest BCUT2D eigenvalue weighted by atomic mass is 9.93. The van der Waals surface area contributed by atoms with Crippen LogP contribution in [0.25, 0.3) is 0 Å². The van der Waals surface area contributed by atoms with Crippen LogP contribution in [0.3, 0.4) is 0 Å². The molecule has 1 aliphatic heterocycles. The summed E-state index contributed by atoms with van der Waals surface area (Å²) in [7, 11) is 1.33. The highest BCUT2D eigenvalue weighted by atomic mass is 16.5. The maximum Gasteiger partial charge on any atom is 0.327 e. The number of ether oxygens (including phenoxy) is 1. The molecule has 3 fully saturated rings. The molecule has 1 saturated heterocycles. The van der Waals surface area contributed by atoms with E-state index < -0.39 is 12.0 Å². The van der Waals surface area contributed by atoms with Crippen molar-refractivity contribution in [1.82, 2.24) is 9.80 Å². The van der Waals surface area contributed by atoms with Gasteiger partial charge < -0.3 is 9.64 Å². The first-order valence-corrected chi connectivity index (χ1v) is 9.35. The van der Waals surface area contributed by atoms with Crippen LogP contribution >= 0.6 is 0 Å². The lowest BCUT2D eigenvalue weighted by Gasteiger charge is -2.34. The topological polar surface area (TPSA) is 66.9 Å². The monoisotopic (exact) mass is 336 g/mol. The molecule has 0 aromatic rings. The van der Waals surface area contributed by atoms with Gasteiger partial charge in [0.1, 0.15) is 6.04 Å². The van der Waals surface area contributed by atoms with Crippen molar-refractivity contribution < 1.29 is 19.1 Å². The Morgan fingerprint density at radius 3 is 2.04 bits per heavy atom. The third-order valence-corrected chi connectivity index (χ3v) is 5.78. The van der Waals surface area contributed by atoms with Crippen molar-refractivity contribution in [3.8, 4) is 0 Å². The fourth-order valence-electron chi connectivity index (χ4n) is 4.50. The minimum Gasteiger partial charge on any atom is -0.469 e. The van der Waals surface area contributed by atoms with Gasteiger partial charge in [-0.2, -0.15) is 0 Å². The Morgan fingerprint density at radius 1 is 0.958 bits per heavy atom. The molecule has 0 aromatic heterocycles. The Hall–Kier alpha value is -1.59. The molecule has 134 valence electrons. The summed E-state index contributed by atoms with van der Waals surface area (Å²) in [6, 6.07) is -0.756. The molecule has 1 heterocycles. The van der Waals surface area contributed by atoms with Gasteiger partial charge in [0.15, 0.2) is 0 Å². The first kappa shape index (κ1) is 17.2. The number of esters is 1. The molecule has 2 saturated carbocycles. The molecule has 0 aromatic carbocycles. The van der Waals surface area contributed by atoms with Gasteiger partial charge in [-0.1, -0.05) is 38.5 Å².